The summed E-state index contributed by atoms with van der Waals surface area (Å²) in [5, 5.41) is 23.3. The first-order valence-electron chi connectivity index (χ1n) is 5.92. The van der Waals surface area contributed by atoms with Crippen molar-refractivity contribution in [2.24, 2.45) is 0 Å². The average molecular weight is 259 g/mol. The van der Waals surface area contributed by atoms with Gasteiger partial charge in [-0.2, -0.15) is 0 Å². The van der Waals surface area contributed by atoms with E-state index in [1.54, 1.807) is 11.3 Å². The second kappa shape index (κ2) is 9.56. The van der Waals surface area contributed by atoms with Crippen LogP contribution in [0.3, 0.4) is 0 Å². The predicted molar refractivity (Wildman–Crippen MR) is 69.2 cm³/mol. The predicted octanol–water partition coefficient (Wildman–Crippen LogP) is 0.988. The molecule has 0 amide bonds. The summed E-state index contributed by atoms with van der Waals surface area (Å²) in [6, 6.07) is 4.01. The molecule has 0 saturated carbocycles. The lowest BCUT2D eigenvalue weighted by Gasteiger charge is -2.11. The number of nitrogens with one attached hydrogen (secondary N) is 1. The molecule has 1 rings (SSSR count). The Morgan fingerprint density at radius 2 is 2.29 bits per heavy atom. The van der Waals surface area contributed by atoms with E-state index in [4.69, 9.17) is 9.84 Å². The number of rotatable bonds is 10. The summed E-state index contributed by atoms with van der Waals surface area (Å²) in [7, 11) is 0. The van der Waals surface area contributed by atoms with E-state index in [1.165, 1.54) is 4.88 Å². The van der Waals surface area contributed by atoms with E-state index in [0.717, 1.165) is 19.4 Å². The largest absolute Gasteiger partial charge is 0.396 e. The number of aliphatic hydroxyl groups is 2. The van der Waals surface area contributed by atoms with E-state index in [-0.39, 0.29) is 6.61 Å². The second-order valence-corrected chi connectivity index (χ2v) is 4.92. The normalized spacial score (nSPS) is 12.8. The van der Waals surface area contributed by atoms with E-state index in [9.17, 15) is 5.11 Å². The molecule has 5 heteroatoms. The standard InChI is InChI=1S/C12H21NO3S/c14-6-2-1-5-13-8-11(15)9-16-10-12-4-3-7-17-12/h3-4,7,11,13-15H,1-2,5-6,8-10H2. The zero-order chi connectivity index (χ0) is 12.3. The topological polar surface area (TPSA) is 61.7 Å². The zero-order valence-corrected chi connectivity index (χ0v) is 10.8. The van der Waals surface area contributed by atoms with Gasteiger partial charge in [-0.25, -0.2) is 0 Å². The van der Waals surface area contributed by atoms with Gasteiger partial charge in [0.1, 0.15) is 0 Å². The van der Waals surface area contributed by atoms with Crippen molar-refractivity contribution < 1.29 is 14.9 Å². The van der Waals surface area contributed by atoms with Gasteiger partial charge in [0.25, 0.3) is 0 Å². The molecule has 0 bridgehead atoms. The summed E-state index contributed by atoms with van der Waals surface area (Å²) >= 11 is 1.66. The van der Waals surface area contributed by atoms with Crippen LogP contribution in [0.25, 0.3) is 0 Å². The van der Waals surface area contributed by atoms with Crippen molar-refractivity contribution in [1.29, 1.82) is 0 Å². The van der Waals surface area contributed by atoms with Gasteiger partial charge in [-0.3, -0.25) is 0 Å². The lowest BCUT2D eigenvalue weighted by Crippen LogP contribution is -2.31. The van der Waals surface area contributed by atoms with Crippen LogP contribution in [-0.4, -0.2) is 42.6 Å². The van der Waals surface area contributed by atoms with Crippen LogP contribution < -0.4 is 5.32 Å². The molecule has 0 radical (unpaired) electrons. The Hall–Kier alpha value is -0.460. The Morgan fingerprint density at radius 1 is 1.41 bits per heavy atom. The summed E-state index contributed by atoms with van der Waals surface area (Å²) in [5.41, 5.74) is 0. The monoisotopic (exact) mass is 259 g/mol. The maximum atomic E-state index is 9.60. The summed E-state index contributed by atoms with van der Waals surface area (Å²) in [4.78, 5) is 1.17. The Kier molecular flexibility index (Phi) is 8.21. The maximum absolute atomic E-state index is 9.60. The highest BCUT2D eigenvalue weighted by Crippen LogP contribution is 2.09. The number of aliphatic hydroxyl groups excluding tert-OH is 2. The SMILES string of the molecule is OCCCCNCC(O)COCc1cccs1. The first-order valence-corrected chi connectivity index (χ1v) is 6.80. The van der Waals surface area contributed by atoms with Gasteiger partial charge in [0.05, 0.1) is 19.3 Å². The molecule has 3 N–H and O–H groups in total. The van der Waals surface area contributed by atoms with E-state index >= 15 is 0 Å². The lowest BCUT2D eigenvalue weighted by atomic mass is 10.3. The van der Waals surface area contributed by atoms with E-state index < -0.39 is 6.10 Å². The van der Waals surface area contributed by atoms with Crippen molar-refractivity contribution in [2.45, 2.75) is 25.6 Å². The quantitative estimate of drug-likeness (QED) is 0.548. The number of thiophene rings is 1. The maximum Gasteiger partial charge on any atom is 0.0897 e. The molecule has 1 aromatic rings. The van der Waals surface area contributed by atoms with Crippen LogP contribution in [-0.2, 0) is 11.3 Å². The third kappa shape index (κ3) is 7.46. The molecule has 1 unspecified atom stereocenters. The molecule has 0 aliphatic carbocycles. The van der Waals surface area contributed by atoms with Crippen molar-refractivity contribution in [3.05, 3.63) is 22.4 Å². The van der Waals surface area contributed by atoms with Gasteiger partial charge in [0, 0.05) is 18.0 Å². The minimum Gasteiger partial charge on any atom is -0.396 e. The molecule has 0 spiro atoms. The fourth-order valence-corrected chi connectivity index (χ4v) is 2.02. The highest BCUT2D eigenvalue weighted by atomic mass is 32.1. The lowest BCUT2D eigenvalue weighted by molar-refractivity contribution is 0.0299. The fourth-order valence-electron chi connectivity index (χ4n) is 1.38. The number of hydrogen-bond donors (Lipinski definition) is 3. The van der Waals surface area contributed by atoms with Gasteiger partial charge in [-0.1, -0.05) is 6.07 Å². The van der Waals surface area contributed by atoms with Crippen molar-refractivity contribution >= 4 is 11.3 Å². The third-order valence-corrected chi connectivity index (χ3v) is 3.13. The molecule has 98 valence electrons. The Balaban J connectivity index is 1.92. The minimum atomic E-state index is -0.468. The first kappa shape index (κ1) is 14.6. The third-order valence-electron chi connectivity index (χ3n) is 2.28. The van der Waals surface area contributed by atoms with E-state index in [1.807, 2.05) is 17.5 Å². The molecular formula is C12H21NO3S. The van der Waals surface area contributed by atoms with Crippen LogP contribution in [0.2, 0.25) is 0 Å². The molecule has 4 nitrogen and oxygen atoms in total. The highest BCUT2D eigenvalue weighted by molar-refractivity contribution is 7.09. The van der Waals surface area contributed by atoms with Crippen molar-refractivity contribution in [3.8, 4) is 0 Å². The molecule has 1 atom stereocenters. The Labute approximate surface area is 106 Å². The van der Waals surface area contributed by atoms with Gasteiger partial charge >= 0.3 is 0 Å². The smallest absolute Gasteiger partial charge is 0.0897 e. The van der Waals surface area contributed by atoms with Gasteiger partial charge in [0.15, 0.2) is 0 Å². The van der Waals surface area contributed by atoms with E-state index in [2.05, 4.69) is 5.32 Å². The van der Waals surface area contributed by atoms with Crippen molar-refractivity contribution in [3.63, 3.8) is 0 Å². The van der Waals surface area contributed by atoms with Crippen LogP contribution in [0.4, 0.5) is 0 Å². The highest BCUT2D eigenvalue weighted by Gasteiger charge is 2.03. The number of unbranched alkanes of at least 4 members (excludes halogenated alkanes) is 1. The van der Waals surface area contributed by atoms with Crippen LogP contribution in [0.1, 0.15) is 17.7 Å². The molecule has 1 aromatic heterocycles. The molecular weight excluding hydrogens is 238 g/mol. The molecule has 0 aliphatic rings. The fraction of sp³-hybridized carbons (Fsp3) is 0.667. The molecule has 17 heavy (non-hydrogen) atoms. The number of ether oxygens (including phenoxy) is 1. The molecule has 0 aromatic carbocycles. The summed E-state index contributed by atoms with van der Waals surface area (Å²) in [6.07, 6.45) is 1.26. The summed E-state index contributed by atoms with van der Waals surface area (Å²) in [5.74, 6) is 0. The van der Waals surface area contributed by atoms with Crippen LogP contribution >= 0.6 is 11.3 Å². The molecule has 0 saturated heterocycles. The van der Waals surface area contributed by atoms with Crippen LogP contribution in [0.5, 0.6) is 0 Å². The number of hydrogen-bond acceptors (Lipinski definition) is 5. The van der Waals surface area contributed by atoms with E-state index in [0.29, 0.717) is 19.8 Å². The van der Waals surface area contributed by atoms with Gasteiger partial charge in [-0.05, 0) is 30.8 Å². The van der Waals surface area contributed by atoms with Gasteiger partial charge in [0.2, 0.25) is 0 Å². The molecule has 0 aliphatic heterocycles. The van der Waals surface area contributed by atoms with Gasteiger partial charge < -0.3 is 20.3 Å². The Bertz CT molecular complexity index is 267. The summed E-state index contributed by atoms with van der Waals surface area (Å²) in [6.45, 7) is 2.51. The first-order chi connectivity index (χ1) is 8.33. The van der Waals surface area contributed by atoms with Crippen LogP contribution in [0.15, 0.2) is 17.5 Å². The molecule has 0 fully saturated rings. The minimum absolute atomic E-state index is 0.230. The average Bonchev–Trinajstić information content (AvgIpc) is 2.82. The van der Waals surface area contributed by atoms with Crippen molar-refractivity contribution in [1.82, 2.24) is 5.32 Å². The van der Waals surface area contributed by atoms with Crippen molar-refractivity contribution in [2.75, 3.05) is 26.3 Å². The van der Waals surface area contributed by atoms with Gasteiger partial charge in [-0.15, -0.1) is 11.3 Å². The Morgan fingerprint density at radius 3 is 3.00 bits per heavy atom. The summed E-state index contributed by atoms with van der Waals surface area (Å²) < 4.78 is 5.40. The molecule has 1 heterocycles. The second-order valence-electron chi connectivity index (χ2n) is 3.88. The van der Waals surface area contributed by atoms with Crippen LogP contribution in [0, 0.1) is 0 Å². The zero-order valence-electron chi connectivity index (χ0n) is 9.97.